The number of hydrogen-bond donors (Lipinski definition) is 2. The summed E-state index contributed by atoms with van der Waals surface area (Å²) < 4.78 is 29.2. The standard InChI is InChI=1S/C14H20ClF2NO2/c1-13(2,14(3,4)19)18-8-9-7-10(15)5-6-11(9)20-12(16)17/h5-7,12,18-19H,8H2,1-4H3. The number of halogens is 3. The number of aliphatic hydroxyl groups is 1. The quantitative estimate of drug-likeness (QED) is 0.844. The SMILES string of the molecule is CC(C)(O)C(C)(C)NCc1cc(Cl)ccc1OC(F)F. The maximum Gasteiger partial charge on any atom is 0.387 e. The van der Waals surface area contributed by atoms with Crippen LogP contribution in [0.5, 0.6) is 5.75 Å². The van der Waals surface area contributed by atoms with Crippen molar-refractivity contribution < 1.29 is 18.6 Å². The van der Waals surface area contributed by atoms with Crippen molar-refractivity contribution in [2.75, 3.05) is 0 Å². The van der Waals surface area contributed by atoms with Gasteiger partial charge in [-0.15, -0.1) is 0 Å². The van der Waals surface area contributed by atoms with Crippen LogP contribution in [0, 0.1) is 0 Å². The van der Waals surface area contributed by atoms with E-state index in [0.717, 1.165) is 0 Å². The minimum atomic E-state index is -2.89. The first-order chi connectivity index (χ1) is 9.03. The molecular formula is C14H20ClF2NO2. The van der Waals surface area contributed by atoms with E-state index in [1.807, 2.05) is 13.8 Å². The van der Waals surface area contributed by atoms with E-state index >= 15 is 0 Å². The van der Waals surface area contributed by atoms with Gasteiger partial charge in [-0.1, -0.05) is 11.6 Å². The number of nitrogens with one attached hydrogen (secondary N) is 1. The molecule has 0 fully saturated rings. The van der Waals surface area contributed by atoms with Crippen LogP contribution >= 0.6 is 11.6 Å². The average Bonchev–Trinajstić information content (AvgIpc) is 2.27. The number of ether oxygens (including phenoxy) is 1. The fourth-order valence-corrected chi connectivity index (χ4v) is 1.62. The highest BCUT2D eigenvalue weighted by Gasteiger charge is 2.34. The summed E-state index contributed by atoms with van der Waals surface area (Å²) in [5.41, 5.74) is -1.08. The third kappa shape index (κ3) is 4.58. The van der Waals surface area contributed by atoms with Crippen molar-refractivity contribution in [1.82, 2.24) is 5.32 Å². The molecule has 0 amide bonds. The lowest BCUT2D eigenvalue weighted by Gasteiger charge is -2.38. The average molecular weight is 308 g/mol. The van der Waals surface area contributed by atoms with Gasteiger partial charge in [-0.2, -0.15) is 8.78 Å². The molecule has 0 aliphatic rings. The van der Waals surface area contributed by atoms with Crippen LogP contribution in [0.1, 0.15) is 33.3 Å². The summed E-state index contributed by atoms with van der Waals surface area (Å²) >= 11 is 5.87. The van der Waals surface area contributed by atoms with E-state index in [1.165, 1.54) is 12.1 Å². The molecule has 0 heterocycles. The Bertz CT molecular complexity index is 459. The van der Waals surface area contributed by atoms with Crippen LogP contribution in [-0.4, -0.2) is 22.9 Å². The number of benzene rings is 1. The molecule has 0 aromatic heterocycles. The van der Waals surface area contributed by atoms with E-state index in [2.05, 4.69) is 10.1 Å². The fraction of sp³-hybridized carbons (Fsp3) is 0.571. The Morgan fingerprint density at radius 3 is 2.40 bits per heavy atom. The van der Waals surface area contributed by atoms with Crippen molar-refractivity contribution in [3.8, 4) is 5.75 Å². The van der Waals surface area contributed by atoms with Crippen molar-refractivity contribution in [3.63, 3.8) is 0 Å². The fourth-order valence-electron chi connectivity index (χ4n) is 1.43. The highest BCUT2D eigenvalue weighted by Crippen LogP contribution is 2.27. The van der Waals surface area contributed by atoms with Crippen LogP contribution in [0.4, 0.5) is 8.78 Å². The van der Waals surface area contributed by atoms with E-state index < -0.39 is 17.8 Å². The Morgan fingerprint density at radius 1 is 1.30 bits per heavy atom. The maximum atomic E-state index is 12.3. The first kappa shape index (κ1) is 17.1. The van der Waals surface area contributed by atoms with E-state index in [4.69, 9.17) is 11.6 Å². The van der Waals surface area contributed by atoms with Gasteiger partial charge in [0.1, 0.15) is 5.75 Å². The first-order valence-corrected chi connectivity index (χ1v) is 6.61. The van der Waals surface area contributed by atoms with E-state index in [0.29, 0.717) is 10.6 Å². The molecule has 20 heavy (non-hydrogen) atoms. The topological polar surface area (TPSA) is 41.5 Å². The molecule has 0 bridgehead atoms. The van der Waals surface area contributed by atoms with Crippen LogP contribution < -0.4 is 10.1 Å². The lowest BCUT2D eigenvalue weighted by Crippen LogP contribution is -2.55. The summed E-state index contributed by atoms with van der Waals surface area (Å²) in [6, 6.07) is 4.46. The van der Waals surface area contributed by atoms with Gasteiger partial charge >= 0.3 is 6.61 Å². The van der Waals surface area contributed by atoms with Crippen LogP contribution in [0.2, 0.25) is 5.02 Å². The molecule has 0 aliphatic heterocycles. The van der Waals surface area contributed by atoms with Crippen LogP contribution in [0.3, 0.4) is 0 Å². The first-order valence-electron chi connectivity index (χ1n) is 6.23. The van der Waals surface area contributed by atoms with E-state index in [1.54, 1.807) is 19.9 Å². The Labute approximate surface area is 122 Å². The monoisotopic (exact) mass is 307 g/mol. The van der Waals surface area contributed by atoms with Gasteiger partial charge in [0.15, 0.2) is 0 Å². The zero-order valence-electron chi connectivity index (χ0n) is 12.0. The molecule has 0 aliphatic carbocycles. The summed E-state index contributed by atoms with van der Waals surface area (Å²) in [4.78, 5) is 0. The molecule has 0 radical (unpaired) electrons. The molecule has 114 valence electrons. The van der Waals surface area contributed by atoms with Crippen LogP contribution in [0.15, 0.2) is 18.2 Å². The van der Waals surface area contributed by atoms with Crippen LogP contribution in [0.25, 0.3) is 0 Å². The molecule has 1 aromatic carbocycles. The molecular weight excluding hydrogens is 288 g/mol. The maximum absolute atomic E-state index is 12.3. The summed E-state index contributed by atoms with van der Waals surface area (Å²) in [7, 11) is 0. The minimum Gasteiger partial charge on any atom is -0.434 e. The van der Waals surface area contributed by atoms with Crippen molar-refractivity contribution in [1.29, 1.82) is 0 Å². The second-order valence-electron chi connectivity index (χ2n) is 5.67. The van der Waals surface area contributed by atoms with Crippen molar-refractivity contribution in [2.24, 2.45) is 0 Å². The Hall–Kier alpha value is -0.910. The van der Waals surface area contributed by atoms with Crippen LogP contribution in [-0.2, 0) is 6.54 Å². The zero-order chi connectivity index (χ0) is 15.6. The number of hydrogen-bond acceptors (Lipinski definition) is 3. The lowest BCUT2D eigenvalue weighted by molar-refractivity contribution is -0.0508. The Kier molecular flexibility index (Phi) is 5.35. The predicted molar refractivity (Wildman–Crippen MR) is 75.3 cm³/mol. The van der Waals surface area contributed by atoms with Gasteiger partial charge in [0.25, 0.3) is 0 Å². The smallest absolute Gasteiger partial charge is 0.387 e. The molecule has 1 rings (SSSR count). The summed E-state index contributed by atoms with van der Waals surface area (Å²) in [6.45, 7) is 4.36. The molecule has 6 heteroatoms. The summed E-state index contributed by atoms with van der Waals surface area (Å²) in [6.07, 6.45) is 0. The number of rotatable bonds is 6. The predicted octanol–water partition coefficient (Wildman–Crippen LogP) is 3.58. The van der Waals surface area contributed by atoms with E-state index in [-0.39, 0.29) is 12.3 Å². The highest BCUT2D eigenvalue weighted by atomic mass is 35.5. The lowest BCUT2D eigenvalue weighted by atomic mass is 9.86. The van der Waals surface area contributed by atoms with Crippen molar-refractivity contribution in [2.45, 2.75) is 52.0 Å². The van der Waals surface area contributed by atoms with Gasteiger partial charge in [-0.3, -0.25) is 0 Å². The molecule has 1 aromatic rings. The van der Waals surface area contributed by atoms with Gasteiger partial charge in [0.05, 0.1) is 5.60 Å². The third-order valence-corrected chi connectivity index (χ3v) is 3.72. The molecule has 3 nitrogen and oxygen atoms in total. The molecule has 2 N–H and O–H groups in total. The highest BCUT2D eigenvalue weighted by molar-refractivity contribution is 6.30. The van der Waals surface area contributed by atoms with E-state index in [9.17, 15) is 13.9 Å². The molecule has 0 atom stereocenters. The largest absolute Gasteiger partial charge is 0.434 e. The zero-order valence-corrected chi connectivity index (χ0v) is 12.8. The van der Waals surface area contributed by atoms with Gasteiger partial charge in [-0.25, -0.2) is 0 Å². The third-order valence-electron chi connectivity index (χ3n) is 3.49. The molecule has 0 unspecified atom stereocenters. The van der Waals surface area contributed by atoms with Gasteiger partial charge in [0.2, 0.25) is 0 Å². The molecule has 0 saturated carbocycles. The minimum absolute atomic E-state index is 0.0726. The number of alkyl halides is 2. The summed E-state index contributed by atoms with van der Waals surface area (Å²) in [5.74, 6) is 0.0726. The van der Waals surface area contributed by atoms with Gasteiger partial charge in [-0.05, 0) is 45.9 Å². The van der Waals surface area contributed by atoms with Gasteiger partial charge in [0, 0.05) is 22.7 Å². The second-order valence-corrected chi connectivity index (χ2v) is 6.10. The Morgan fingerprint density at radius 2 is 1.90 bits per heavy atom. The normalized spacial score (nSPS) is 12.8. The second kappa shape index (κ2) is 6.24. The van der Waals surface area contributed by atoms with Gasteiger partial charge < -0.3 is 15.2 Å². The van der Waals surface area contributed by atoms with Crippen molar-refractivity contribution >= 4 is 11.6 Å². The van der Waals surface area contributed by atoms with Crippen molar-refractivity contribution in [3.05, 3.63) is 28.8 Å². The summed E-state index contributed by atoms with van der Waals surface area (Å²) in [5, 5.41) is 13.6. The molecule has 0 spiro atoms. The Balaban J connectivity index is 2.89. The molecule has 0 saturated heterocycles.